The van der Waals surface area contributed by atoms with Crippen LogP contribution >= 0.6 is 0 Å². The zero-order valence-corrected chi connectivity index (χ0v) is 13.9. The van der Waals surface area contributed by atoms with Crippen molar-refractivity contribution in [3.8, 4) is 11.3 Å². The van der Waals surface area contributed by atoms with Gasteiger partial charge in [-0.1, -0.05) is 30.3 Å². The monoisotopic (exact) mass is 309 g/mol. The van der Waals surface area contributed by atoms with Crippen molar-refractivity contribution < 1.29 is 0 Å². The number of aryl methyl sites for hydroxylation is 1. The first-order chi connectivity index (χ1) is 11.1. The smallest absolute Gasteiger partial charge is 0.0956 e. The van der Waals surface area contributed by atoms with Crippen LogP contribution in [0.15, 0.2) is 55.2 Å². The molecule has 0 amide bonds. The van der Waals surface area contributed by atoms with Gasteiger partial charge in [-0.3, -0.25) is 4.68 Å². The van der Waals surface area contributed by atoms with Crippen molar-refractivity contribution in [2.24, 2.45) is 7.05 Å². The average molecular weight is 309 g/mol. The van der Waals surface area contributed by atoms with E-state index in [1.54, 1.807) is 0 Å². The summed E-state index contributed by atoms with van der Waals surface area (Å²) in [7, 11) is 6.15. The van der Waals surface area contributed by atoms with Crippen LogP contribution in [0.3, 0.4) is 0 Å². The van der Waals surface area contributed by atoms with Gasteiger partial charge in [-0.25, -0.2) is 4.98 Å². The third kappa shape index (κ3) is 3.51. The summed E-state index contributed by atoms with van der Waals surface area (Å²) in [6.45, 7) is 1.02. The van der Waals surface area contributed by atoms with Crippen molar-refractivity contribution in [3.05, 3.63) is 60.8 Å². The van der Waals surface area contributed by atoms with Gasteiger partial charge in [0.2, 0.25) is 0 Å². The van der Waals surface area contributed by atoms with Crippen LogP contribution in [0.4, 0.5) is 0 Å². The van der Waals surface area contributed by atoms with Crippen molar-refractivity contribution in [2.75, 3.05) is 20.6 Å². The van der Waals surface area contributed by atoms with Crippen molar-refractivity contribution in [3.63, 3.8) is 0 Å². The van der Waals surface area contributed by atoms with E-state index < -0.39 is 0 Å². The minimum Gasteiger partial charge on any atom is -0.323 e. The maximum absolute atomic E-state index is 4.39. The second kappa shape index (κ2) is 6.79. The molecule has 3 aromatic rings. The van der Waals surface area contributed by atoms with Crippen LogP contribution in [0.5, 0.6) is 0 Å². The fraction of sp³-hybridized carbons (Fsp3) is 0.333. The molecule has 2 aromatic heterocycles. The van der Waals surface area contributed by atoms with Crippen LogP contribution in [0.25, 0.3) is 11.3 Å². The maximum Gasteiger partial charge on any atom is 0.0956 e. The Kier molecular flexibility index (Phi) is 4.57. The molecule has 0 unspecified atom stereocenters. The Labute approximate surface area is 137 Å². The van der Waals surface area contributed by atoms with Crippen molar-refractivity contribution in [2.45, 2.75) is 12.5 Å². The molecule has 0 spiro atoms. The molecule has 0 saturated carbocycles. The number of hydrogen-bond acceptors (Lipinski definition) is 3. The number of hydrogen-bond donors (Lipinski definition) is 0. The molecule has 1 atom stereocenters. The lowest BCUT2D eigenvalue weighted by atomic mass is 10.0. The van der Waals surface area contributed by atoms with Crippen LogP contribution in [0.1, 0.15) is 18.0 Å². The van der Waals surface area contributed by atoms with Gasteiger partial charge < -0.3 is 9.47 Å². The van der Waals surface area contributed by atoms with Crippen LogP contribution in [-0.4, -0.2) is 44.9 Å². The molecular formula is C18H23N5. The second-order valence-corrected chi connectivity index (χ2v) is 6.11. The van der Waals surface area contributed by atoms with Crippen LogP contribution in [0.2, 0.25) is 0 Å². The summed E-state index contributed by atoms with van der Waals surface area (Å²) in [5, 5.41) is 4.29. The molecule has 120 valence electrons. The Morgan fingerprint density at radius 2 is 1.91 bits per heavy atom. The van der Waals surface area contributed by atoms with E-state index in [0.29, 0.717) is 0 Å². The van der Waals surface area contributed by atoms with E-state index in [2.05, 4.69) is 64.0 Å². The lowest BCUT2D eigenvalue weighted by molar-refractivity contribution is 0.367. The molecule has 0 aliphatic rings. The third-order valence-electron chi connectivity index (χ3n) is 4.04. The van der Waals surface area contributed by atoms with Gasteiger partial charge in [0.15, 0.2) is 0 Å². The molecule has 0 bridgehead atoms. The van der Waals surface area contributed by atoms with E-state index in [1.165, 1.54) is 5.56 Å². The molecule has 1 aromatic carbocycles. The molecule has 2 heterocycles. The highest BCUT2D eigenvalue weighted by Gasteiger charge is 2.18. The lowest BCUT2D eigenvalue weighted by Gasteiger charge is -2.23. The van der Waals surface area contributed by atoms with E-state index in [-0.39, 0.29) is 6.04 Å². The first kappa shape index (κ1) is 15.5. The van der Waals surface area contributed by atoms with E-state index in [9.17, 15) is 0 Å². The van der Waals surface area contributed by atoms with Crippen LogP contribution < -0.4 is 0 Å². The van der Waals surface area contributed by atoms with E-state index in [1.807, 2.05) is 36.6 Å². The standard InChI is InChI=1S/C18H23N5/c1-21(2)10-9-17(15-7-5-4-6-8-15)23-14-19-12-18(23)16-11-20-22(3)13-16/h4-8,11-14,17H,9-10H2,1-3H3/t17-/m1/s1. The SMILES string of the molecule is CN(C)CC[C@H](c1ccccc1)n1cncc1-c1cnn(C)c1. The van der Waals surface area contributed by atoms with Gasteiger partial charge in [0, 0.05) is 18.8 Å². The van der Waals surface area contributed by atoms with Crippen molar-refractivity contribution in [1.29, 1.82) is 0 Å². The first-order valence-electron chi connectivity index (χ1n) is 7.85. The van der Waals surface area contributed by atoms with Gasteiger partial charge in [0.05, 0.1) is 30.5 Å². The predicted octanol–water partition coefficient (Wildman–Crippen LogP) is 2.82. The highest BCUT2D eigenvalue weighted by molar-refractivity contribution is 5.57. The average Bonchev–Trinajstić information content (AvgIpc) is 3.17. The number of imidazole rings is 1. The van der Waals surface area contributed by atoms with E-state index in [0.717, 1.165) is 24.2 Å². The van der Waals surface area contributed by atoms with Crippen LogP contribution in [0, 0.1) is 0 Å². The summed E-state index contributed by atoms with van der Waals surface area (Å²) in [5.41, 5.74) is 3.50. The Balaban J connectivity index is 1.99. The van der Waals surface area contributed by atoms with Gasteiger partial charge >= 0.3 is 0 Å². The molecule has 0 aliphatic carbocycles. The molecule has 0 N–H and O–H groups in total. The zero-order valence-electron chi connectivity index (χ0n) is 13.9. The predicted molar refractivity (Wildman–Crippen MR) is 92.2 cm³/mol. The van der Waals surface area contributed by atoms with Crippen molar-refractivity contribution in [1.82, 2.24) is 24.2 Å². The second-order valence-electron chi connectivity index (χ2n) is 6.11. The highest BCUT2D eigenvalue weighted by Crippen LogP contribution is 2.28. The summed E-state index contributed by atoms with van der Waals surface area (Å²) in [6, 6.07) is 10.9. The molecular weight excluding hydrogens is 286 g/mol. The molecule has 0 fully saturated rings. The molecule has 0 saturated heterocycles. The van der Waals surface area contributed by atoms with E-state index in [4.69, 9.17) is 0 Å². The summed E-state index contributed by atoms with van der Waals surface area (Å²) in [6.07, 6.45) is 8.79. The largest absolute Gasteiger partial charge is 0.323 e. The number of aromatic nitrogens is 4. The van der Waals surface area contributed by atoms with Gasteiger partial charge in [-0.05, 0) is 32.6 Å². The Hall–Kier alpha value is -2.40. The normalized spacial score (nSPS) is 12.7. The van der Waals surface area contributed by atoms with Gasteiger partial charge in [0.25, 0.3) is 0 Å². The molecule has 0 aliphatic heterocycles. The number of rotatable bonds is 6. The zero-order chi connectivity index (χ0) is 16.2. The van der Waals surface area contributed by atoms with Gasteiger partial charge in [-0.2, -0.15) is 5.10 Å². The summed E-state index contributed by atoms with van der Waals surface area (Å²) in [5.74, 6) is 0. The maximum atomic E-state index is 4.39. The number of benzene rings is 1. The first-order valence-corrected chi connectivity index (χ1v) is 7.85. The minimum atomic E-state index is 0.260. The molecule has 5 nitrogen and oxygen atoms in total. The number of nitrogens with zero attached hydrogens (tertiary/aromatic N) is 5. The van der Waals surface area contributed by atoms with E-state index >= 15 is 0 Å². The summed E-state index contributed by atoms with van der Waals surface area (Å²) < 4.78 is 4.08. The summed E-state index contributed by atoms with van der Waals surface area (Å²) >= 11 is 0. The molecule has 5 heteroatoms. The minimum absolute atomic E-state index is 0.260. The van der Waals surface area contributed by atoms with Crippen LogP contribution in [-0.2, 0) is 7.05 Å². The molecule has 0 radical (unpaired) electrons. The Bertz CT molecular complexity index is 742. The molecule has 23 heavy (non-hydrogen) atoms. The quantitative estimate of drug-likeness (QED) is 0.703. The Morgan fingerprint density at radius 1 is 1.13 bits per heavy atom. The highest BCUT2D eigenvalue weighted by atomic mass is 15.2. The Morgan fingerprint density at radius 3 is 2.57 bits per heavy atom. The van der Waals surface area contributed by atoms with Crippen molar-refractivity contribution >= 4 is 0 Å². The fourth-order valence-corrected chi connectivity index (χ4v) is 2.85. The molecule has 3 rings (SSSR count). The fourth-order valence-electron chi connectivity index (χ4n) is 2.85. The summed E-state index contributed by atoms with van der Waals surface area (Å²) in [4.78, 5) is 6.61. The van der Waals surface area contributed by atoms with Gasteiger partial charge in [0.1, 0.15) is 0 Å². The lowest BCUT2D eigenvalue weighted by Crippen LogP contribution is -2.20. The van der Waals surface area contributed by atoms with Gasteiger partial charge in [-0.15, -0.1) is 0 Å². The topological polar surface area (TPSA) is 38.9 Å². The third-order valence-corrected chi connectivity index (χ3v) is 4.04.